The van der Waals surface area contributed by atoms with Crippen LogP contribution < -0.4 is 9.04 Å². The SMILES string of the molecule is COc1ccc(S(=O)(=O)N(C)c2ccc(Cl)cc2)cc1C. The van der Waals surface area contributed by atoms with E-state index >= 15 is 0 Å². The second-order valence-corrected chi connectivity index (χ2v) is 6.99. The van der Waals surface area contributed by atoms with E-state index < -0.39 is 10.0 Å². The lowest BCUT2D eigenvalue weighted by molar-refractivity contribution is 0.411. The van der Waals surface area contributed by atoms with Crippen LogP contribution in [0, 0.1) is 6.92 Å². The fourth-order valence-electron chi connectivity index (χ4n) is 1.96. The van der Waals surface area contributed by atoms with Crippen molar-refractivity contribution in [1.82, 2.24) is 0 Å². The fourth-order valence-corrected chi connectivity index (χ4v) is 3.37. The molecule has 0 aromatic heterocycles. The van der Waals surface area contributed by atoms with Gasteiger partial charge in [-0.1, -0.05) is 11.6 Å². The van der Waals surface area contributed by atoms with Crippen molar-refractivity contribution in [3.8, 4) is 5.75 Å². The molecule has 6 heteroatoms. The molecule has 0 saturated heterocycles. The lowest BCUT2D eigenvalue weighted by Crippen LogP contribution is -2.26. The number of anilines is 1. The summed E-state index contributed by atoms with van der Waals surface area (Å²) in [7, 11) is -0.554. The summed E-state index contributed by atoms with van der Waals surface area (Å²) >= 11 is 5.82. The van der Waals surface area contributed by atoms with Crippen LogP contribution in [-0.4, -0.2) is 22.6 Å². The molecular weight excluding hydrogens is 310 g/mol. The number of sulfonamides is 1. The van der Waals surface area contributed by atoms with Gasteiger partial charge in [-0.15, -0.1) is 0 Å². The largest absolute Gasteiger partial charge is 0.496 e. The van der Waals surface area contributed by atoms with Gasteiger partial charge in [-0.3, -0.25) is 4.31 Å². The zero-order valence-corrected chi connectivity index (χ0v) is 13.6. The lowest BCUT2D eigenvalue weighted by atomic mass is 10.2. The second-order valence-electron chi connectivity index (χ2n) is 4.58. The maximum Gasteiger partial charge on any atom is 0.264 e. The standard InChI is InChI=1S/C15H16ClNO3S/c1-11-10-14(8-9-15(11)20-3)21(18,19)17(2)13-6-4-12(16)5-7-13/h4-10H,1-3H3. The number of hydrogen-bond acceptors (Lipinski definition) is 3. The number of rotatable bonds is 4. The molecule has 112 valence electrons. The highest BCUT2D eigenvalue weighted by atomic mass is 35.5. The van der Waals surface area contributed by atoms with Crippen molar-refractivity contribution in [3.63, 3.8) is 0 Å². The third-order valence-corrected chi connectivity index (χ3v) is 5.25. The Morgan fingerprint density at radius 3 is 2.24 bits per heavy atom. The van der Waals surface area contributed by atoms with Crippen molar-refractivity contribution in [3.05, 3.63) is 53.1 Å². The summed E-state index contributed by atoms with van der Waals surface area (Å²) in [5, 5.41) is 0.560. The van der Waals surface area contributed by atoms with Gasteiger partial charge in [-0.25, -0.2) is 8.42 Å². The summed E-state index contributed by atoms with van der Waals surface area (Å²) in [4.78, 5) is 0.221. The first-order valence-corrected chi connectivity index (χ1v) is 8.07. The molecule has 0 unspecified atom stereocenters. The fraction of sp³-hybridized carbons (Fsp3) is 0.200. The Hall–Kier alpha value is -1.72. The maximum absolute atomic E-state index is 12.6. The molecule has 2 aromatic rings. The van der Waals surface area contributed by atoms with E-state index in [4.69, 9.17) is 16.3 Å². The van der Waals surface area contributed by atoms with E-state index in [1.165, 1.54) is 17.4 Å². The summed E-state index contributed by atoms with van der Waals surface area (Å²) in [6.07, 6.45) is 0. The monoisotopic (exact) mass is 325 g/mol. The van der Waals surface area contributed by atoms with Crippen LogP contribution in [-0.2, 0) is 10.0 Å². The topological polar surface area (TPSA) is 46.6 Å². The van der Waals surface area contributed by atoms with Crippen LogP contribution in [0.2, 0.25) is 5.02 Å². The number of nitrogens with zero attached hydrogens (tertiary/aromatic N) is 1. The van der Waals surface area contributed by atoms with Crippen molar-refractivity contribution >= 4 is 27.3 Å². The number of halogens is 1. The van der Waals surface area contributed by atoms with E-state index in [1.54, 1.807) is 50.4 Å². The Balaban J connectivity index is 2.41. The van der Waals surface area contributed by atoms with Crippen molar-refractivity contribution in [2.45, 2.75) is 11.8 Å². The molecule has 0 bridgehead atoms. The van der Waals surface area contributed by atoms with Gasteiger partial charge in [0.05, 0.1) is 17.7 Å². The molecule has 0 aliphatic heterocycles. The van der Waals surface area contributed by atoms with Crippen molar-refractivity contribution in [1.29, 1.82) is 0 Å². The van der Waals surface area contributed by atoms with E-state index in [0.29, 0.717) is 16.5 Å². The average molecular weight is 326 g/mol. The average Bonchev–Trinajstić information content (AvgIpc) is 2.47. The lowest BCUT2D eigenvalue weighted by Gasteiger charge is -2.20. The van der Waals surface area contributed by atoms with E-state index in [1.807, 2.05) is 0 Å². The molecule has 0 fully saturated rings. The van der Waals surface area contributed by atoms with Gasteiger partial charge in [0.1, 0.15) is 5.75 Å². The Labute approximate surface area is 130 Å². The molecular formula is C15H16ClNO3S. The molecule has 0 aliphatic rings. The Bertz CT molecular complexity index is 742. The molecule has 2 rings (SSSR count). The van der Waals surface area contributed by atoms with Crippen LogP contribution in [0.25, 0.3) is 0 Å². The maximum atomic E-state index is 12.6. The number of aryl methyl sites for hydroxylation is 1. The quantitative estimate of drug-likeness (QED) is 0.864. The number of methoxy groups -OCH3 is 1. The molecule has 0 aliphatic carbocycles. The van der Waals surface area contributed by atoms with Gasteiger partial charge >= 0.3 is 0 Å². The van der Waals surface area contributed by atoms with E-state index in [9.17, 15) is 8.42 Å². The third kappa shape index (κ3) is 3.14. The van der Waals surface area contributed by atoms with Crippen LogP contribution in [0.3, 0.4) is 0 Å². The summed E-state index contributed by atoms with van der Waals surface area (Å²) < 4.78 is 31.6. The molecule has 4 nitrogen and oxygen atoms in total. The van der Waals surface area contributed by atoms with Crippen LogP contribution in [0.4, 0.5) is 5.69 Å². The van der Waals surface area contributed by atoms with E-state index in [0.717, 1.165) is 5.56 Å². The minimum atomic E-state index is -3.62. The minimum Gasteiger partial charge on any atom is -0.496 e. The summed E-state index contributed by atoms with van der Waals surface area (Å²) in [6, 6.07) is 11.4. The van der Waals surface area contributed by atoms with Gasteiger partial charge in [0.2, 0.25) is 0 Å². The molecule has 0 atom stereocenters. The van der Waals surface area contributed by atoms with E-state index in [2.05, 4.69) is 0 Å². The zero-order valence-electron chi connectivity index (χ0n) is 12.0. The van der Waals surface area contributed by atoms with Crippen LogP contribution in [0.15, 0.2) is 47.4 Å². The van der Waals surface area contributed by atoms with Gasteiger partial charge in [0.25, 0.3) is 10.0 Å². The molecule has 0 spiro atoms. The molecule has 0 amide bonds. The predicted molar refractivity (Wildman–Crippen MR) is 84.8 cm³/mol. The van der Waals surface area contributed by atoms with Crippen molar-refractivity contribution in [2.24, 2.45) is 0 Å². The highest BCUT2D eigenvalue weighted by Gasteiger charge is 2.22. The highest BCUT2D eigenvalue weighted by Crippen LogP contribution is 2.26. The number of ether oxygens (including phenoxy) is 1. The third-order valence-electron chi connectivity index (χ3n) is 3.21. The second kappa shape index (κ2) is 5.95. The first kappa shape index (κ1) is 15.7. The smallest absolute Gasteiger partial charge is 0.264 e. The van der Waals surface area contributed by atoms with Crippen LogP contribution in [0.1, 0.15) is 5.56 Å². The number of benzene rings is 2. The molecule has 0 heterocycles. The van der Waals surface area contributed by atoms with Gasteiger partial charge in [0, 0.05) is 12.1 Å². The summed E-state index contributed by atoms with van der Waals surface area (Å²) in [5.74, 6) is 0.656. The van der Waals surface area contributed by atoms with Gasteiger partial charge in [-0.2, -0.15) is 0 Å². The van der Waals surface area contributed by atoms with E-state index in [-0.39, 0.29) is 4.90 Å². The summed E-state index contributed by atoms with van der Waals surface area (Å²) in [5.41, 5.74) is 1.32. The van der Waals surface area contributed by atoms with Gasteiger partial charge in [-0.05, 0) is 55.0 Å². The Morgan fingerprint density at radius 1 is 1.10 bits per heavy atom. The highest BCUT2D eigenvalue weighted by molar-refractivity contribution is 7.92. The van der Waals surface area contributed by atoms with Crippen LogP contribution >= 0.6 is 11.6 Å². The van der Waals surface area contributed by atoms with Gasteiger partial charge < -0.3 is 4.74 Å². The van der Waals surface area contributed by atoms with Gasteiger partial charge in [0.15, 0.2) is 0 Å². The van der Waals surface area contributed by atoms with Crippen LogP contribution in [0.5, 0.6) is 5.75 Å². The predicted octanol–water partition coefficient (Wildman–Crippen LogP) is 3.48. The molecule has 0 N–H and O–H groups in total. The molecule has 0 radical (unpaired) electrons. The Kier molecular flexibility index (Phi) is 4.44. The number of hydrogen-bond donors (Lipinski definition) is 0. The summed E-state index contributed by atoms with van der Waals surface area (Å²) in [6.45, 7) is 1.81. The zero-order chi connectivity index (χ0) is 15.6. The Morgan fingerprint density at radius 2 is 1.71 bits per heavy atom. The normalized spacial score (nSPS) is 11.2. The van der Waals surface area contributed by atoms with Crippen molar-refractivity contribution in [2.75, 3.05) is 18.5 Å². The molecule has 2 aromatic carbocycles. The first-order chi connectivity index (χ1) is 9.86. The molecule has 21 heavy (non-hydrogen) atoms. The minimum absolute atomic E-state index is 0.221. The molecule has 0 saturated carbocycles. The van der Waals surface area contributed by atoms with Crippen molar-refractivity contribution < 1.29 is 13.2 Å². The first-order valence-electron chi connectivity index (χ1n) is 6.25.